The van der Waals surface area contributed by atoms with E-state index in [0.29, 0.717) is 5.02 Å². The molecule has 2 rings (SSSR count). The number of nitrogens with zero attached hydrogens (tertiary/aromatic N) is 1. The van der Waals surface area contributed by atoms with Gasteiger partial charge in [0.25, 0.3) is 0 Å². The third kappa shape index (κ3) is 4.46. The maximum atomic E-state index is 13.9. The van der Waals surface area contributed by atoms with E-state index in [-0.39, 0.29) is 10.5 Å². The molecular weight excluding hydrogens is 385 g/mol. The Balaban J connectivity index is 2.17. The third-order valence-corrected chi connectivity index (χ3v) is 5.50. The summed E-state index contributed by atoms with van der Waals surface area (Å²) in [4.78, 5) is 23.8. The molecule has 0 aliphatic heterocycles. The molecule has 0 atom stereocenters. The SMILES string of the molecule is CN(C)S(=O)(=O)c1ccc(F)c(C(=O)OCC(=O)c2ccc(Cl)cc2)c1. The number of sulfonamides is 1. The van der Waals surface area contributed by atoms with Crippen molar-refractivity contribution in [3.05, 3.63) is 64.4 Å². The minimum atomic E-state index is -3.85. The van der Waals surface area contributed by atoms with Crippen molar-refractivity contribution in [2.45, 2.75) is 4.90 Å². The number of hydrogen-bond donors (Lipinski definition) is 0. The van der Waals surface area contributed by atoms with E-state index in [9.17, 15) is 22.4 Å². The van der Waals surface area contributed by atoms with E-state index in [1.165, 1.54) is 38.4 Å². The fraction of sp³-hybridized carbons (Fsp3) is 0.176. The van der Waals surface area contributed by atoms with Gasteiger partial charge in [-0.2, -0.15) is 0 Å². The zero-order chi connectivity index (χ0) is 19.5. The number of ether oxygens (including phenoxy) is 1. The van der Waals surface area contributed by atoms with Crippen LogP contribution in [0.4, 0.5) is 4.39 Å². The quantitative estimate of drug-likeness (QED) is 0.551. The van der Waals surface area contributed by atoms with Gasteiger partial charge in [-0.1, -0.05) is 11.6 Å². The summed E-state index contributed by atoms with van der Waals surface area (Å²) in [6.45, 7) is -0.620. The second-order valence-electron chi connectivity index (χ2n) is 5.44. The normalized spacial score (nSPS) is 11.4. The molecule has 0 unspecified atom stereocenters. The van der Waals surface area contributed by atoms with Gasteiger partial charge in [0.2, 0.25) is 10.0 Å². The van der Waals surface area contributed by atoms with Gasteiger partial charge in [0.15, 0.2) is 12.4 Å². The topological polar surface area (TPSA) is 80.8 Å². The molecule has 0 bridgehead atoms. The molecule has 0 saturated carbocycles. The number of benzene rings is 2. The molecule has 0 radical (unpaired) electrons. The van der Waals surface area contributed by atoms with Crippen LogP contribution >= 0.6 is 11.6 Å². The third-order valence-electron chi connectivity index (χ3n) is 3.44. The molecular formula is C17H15ClFNO5S. The van der Waals surface area contributed by atoms with Crippen molar-refractivity contribution < 1.29 is 27.1 Å². The highest BCUT2D eigenvalue weighted by Crippen LogP contribution is 2.18. The van der Waals surface area contributed by atoms with E-state index in [4.69, 9.17) is 16.3 Å². The molecule has 0 aliphatic carbocycles. The van der Waals surface area contributed by atoms with Crippen molar-refractivity contribution in [1.82, 2.24) is 4.31 Å². The van der Waals surface area contributed by atoms with E-state index < -0.39 is 39.8 Å². The summed E-state index contributed by atoms with van der Waals surface area (Å²) in [5, 5.41) is 0.444. The van der Waals surface area contributed by atoms with E-state index >= 15 is 0 Å². The molecule has 0 spiro atoms. The fourth-order valence-corrected chi connectivity index (χ4v) is 3.01. The molecule has 6 nitrogen and oxygen atoms in total. The minimum absolute atomic E-state index is 0.264. The Kier molecular flexibility index (Phi) is 6.12. The molecule has 0 N–H and O–H groups in total. The number of esters is 1. The maximum absolute atomic E-state index is 13.9. The summed E-state index contributed by atoms with van der Waals surface area (Å²) in [7, 11) is -1.23. The lowest BCUT2D eigenvalue weighted by Crippen LogP contribution is -2.23. The fourth-order valence-electron chi connectivity index (χ4n) is 1.96. The van der Waals surface area contributed by atoms with Crippen LogP contribution in [0.2, 0.25) is 5.02 Å². The standard InChI is InChI=1S/C17H15ClFNO5S/c1-20(2)26(23,24)13-7-8-15(19)14(9-13)17(22)25-10-16(21)11-3-5-12(18)6-4-11/h3-9H,10H2,1-2H3. The first-order valence-electron chi connectivity index (χ1n) is 7.31. The predicted octanol–water partition coefficient (Wildman–Crippen LogP) is 2.77. The first-order chi connectivity index (χ1) is 12.1. The molecule has 0 aromatic heterocycles. The lowest BCUT2D eigenvalue weighted by atomic mass is 10.1. The van der Waals surface area contributed by atoms with Crippen LogP contribution < -0.4 is 0 Å². The largest absolute Gasteiger partial charge is 0.454 e. The average Bonchev–Trinajstić information content (AvgIpc) is 2.60. The number of ketones is 1. The lowest BCUT2D eigenvalue weighted by Gasteiger charge is -2.12. The van der Waals surface area contributed by atoms with Crippen LogP contribution in [0.5, 0.6) is 0 Å². The van der Waals surface area contributed by atoms with Crippen LogP contribution in [-0.4, -0.2) is 45.2 Å². The number of Topliss-reactive ketones (excluding diaryl/α,β-unsaturated/α-hetero) is 1. The van der Waals surface area contributed by atoms with Crippen LogP contribution in [-0.2, 0) is 14.8 Å². The molecule has 0 heterocycles. The van der Waals surface area contributed by atoms with E-state index in [0.717, 1.165) is 22.5 Å². The highest BCUT2D eigenvalue weighted by molar-refractivity contribution is 7.89. The molecule has 138 valence electrons. The average molecular weight is 400 g/mol. The summed E-state index contributed by atoms with van der Waals surface area (Å²) in [6, 6.07) is 8.71. The van der Waals surface area contributed by atoms with Gasteiger partial charge in [0.1, 0.15) is 5.82 Å². The van der Waals surface area contributed by atoms with Gasteiger partial charge in [0.05, 0.1) is 10.5 Å². The molecule has 2 aromatic carbocycles. The number of rotatable bonds is 6. The predicted molar refractivity (Wildman–Crippen MR) is 93.3 cm³/mol. The number of halogens is 2. The van der Waals surface area contributed by atoms with Gasteiger partial charge < -0.3 is 4.74 Å². The summed E-state index contributed by atoms with van der Waals surface area (Å²) in [6.07, 6.45) is 0. The van der Waals surface area contributed by atoms with Crippen LogP contribution in [0.25, 0.3) is 0 Å². The monoisotopic (exact) mass is 399 g/mol. The smallest absolute Gasteiger partial charge is 0.341 e. The van der Waals surface area contributed by atoms with Crippen molar-refractivity contribution in [2.24, 2.45) is 0 Å². The zero-order valence-electron chi connectivity index (χ0n) is 13.9. The summed E-state index contributed by atoms with van der Waals surface area (Å²) in [5.41, 5.74) is -0.302. The van der Waals surface area contributed by atoms with Gasteiger partial charge >= 0.3 is 5.97 Å². The van der Waals surface area contributed by atoms with Crippen molar-refractivity contribution in [3.8, 4) is 0 Å². The van der Waals surface area contributed by atoms with Crippen LogP contribution in [0.15, 0.2) is 47.4 Å². The summed E-state index contributed by atoms with van der Waals surface area (Å²) in [5.74, 6) is -2.60. The minimum Gasteiger partial charge on any atom is -0.454 e. The van der Waals surface area contributed by atoms with Gasteiger partial charge in [-0.3, -0.25) is 4.79 Å². The molecule has 0 aliphatic rings. The highest BCUT2D eigenvalue weighted by Gasteiger charge is 2.22. The summed E-state index contributed by atoms with van der Waals surface area (Å²) < 4.78 is 43.8. The van der Waals surface area contributed by atoms with Crippen molar-refractivity contribution >= 4 is 33.4 Å². The Morgan fingerprint density at radius 1 is 1.12 bits per heavy atom. The number of hydrogen-bond acceptors (Lipinski definition) is 5. The van der Waals surface area contributed by atoms with Gasteiger partial charge in [-0.25, -0.2) is 21.9 Å². The Morgan fingerprint density at radius 2 is 1.73 bits per heavy atom. The second kappa shape index (κ2) is 7.94. The van der Waals surface area contributed by atoms with E-state index in [2.05, 4.69) is 0 Å². The Bertz CT molecular complexity index is 942. The lowest BCUT2D eigenvalue weighted by molar-refractivity contribution is 0.0470. The van der Waals surface area contributed by atoms with Gasteiger partial charge in [-0.15, -0.1) is 0 Å². The first-order valence-corrected chi connectivity index (χ1v) is 9.12. The molecule has 0 amide bonds. The second-order valence-corrected chi connectivity index (χ2v) is 8.02. The Hall–Kier alpha value is -2.29. The van der Waals surface area contributed by atoms with Crippen LogP contribution in [0.1, 0.15) is 20.7 Å². The zero-order valence-corrected chi connectivity index (χ0v) is 15.5. The number of carbonyl (C=O) groups is 2. The maximum Gasteiger partial charge on any atom is 0.341 e. The Labute approximate surface area is 155 Å². The van der Waals surface area contributed by atoms with Crippen LogP contribution in [0, 0.1) is 5.82 Å². The van der Waals surface area contributed by atoms with Crippen molar-refractivity contribution in [2.75, 3.05) is 20.7 Å². The van der Waals surface area contributed by atoms with E-state index in [1.807, 2.05) is 0 Å². The molecule has 9 heteroatoms. The van der Waals surface area contributed by atoms with Crippen molar-refractivity contribution in [1.29, 1.82) is 0 Å². The Morgan fingerprint density at radius 3 is 2.31 bits per heavy atom. The molecule has 26 heavy (non-hydrogen) atoms. The van der Waals surface area contributed by atoms with Crippen LogP contribution in [0.3, 0.4) is 0 Å². The summed E-state index contributed by atoms with van der Waals surface area (Å²) >= 11 is 5.72. The number of carbonyl (C=O) groups excluding carboxylic acids is 2. The molecule has 0 fully saturated rings. The van der Waals surface area contributed by atoms with Gasteiger partial charge in [0, 0.05) is 24.7 Å². The first kappa shape index (κ1) is 20.0. The molecule has 0 saturated heterocycles. The molecule has 2 aromatic rings. The highest BCUT2D eigenvalue weighted by atomic mass is 35.5. The van der Waals surface area contributed by atoms with E-state index in [1.54, 1.807) is 0 Å². The van der Waals surface area contributed by atoms with Gasteiger partial charge in [-0.05, 0) is 42.5 Å². The van der Waals surface area contributed by atoms with Crippen molar-refractivity contribution in [3.63, 3.8) is 0 Å².